The Labute approximate surface area is 124 Å². The normalized spacial score (nSPS) is 42.3. The molecule has 3 aliphatic heterocycles. The molecule has 0 aromatic rings. The predicted octanol–water partition coefficient (Wildman–Crippen LogP) is 0.812. The number of amides is 4. The Balaban J connectivity index is 1.56. The van der Waals surface area contributed by atoms with Gasteiger partial charge in [-0.05, 0) is 32.1 Å². The number of rotatable bonds is 2. The first-order valence-corrected chi connectivity index (χ1v) is 7.88. The third kappa shape index (κ3) is 1.61. The van der Waals surface area contributed by atoms with Crippen molar-refractivity contribution in [2.24, 2.45) is 5.92 Å². The van der Waals surface area contributed by atoms with Crippen LogP contribution in [0.3, 0.4) is 0 Å². The summed E-state index contributed by atoms with van der Waals surface area (Å²) in [6, 6.07) is -0.137. The van der Waals surface area contributed by atoms with Crippen molar-refractivity contribution in [3.63, 3.8) is 0 Å². The van der Waals surface area contributed by atoms with E-state index in [1.165, 1.54) is 4.90 Å². The number of fused-ring (bicyclic) bond motifs is 1. The number of nitrogens with zero attached hydrogens (tertiary/aromatic N) is 3. The number of hydrogen-bond donors (Lipinski definition) is 0. The molecular weight excluding hydrogens is 270 g/mol. The third-order valence-corrected chi connectivity index (χ3v) is 5.73. The van der Waals surface area contributed by atoms with Crippen LogP contribution in [0.5, 0.6) is 0 Å². The molecule has 0 spiro atoms. The SMILES string of the molecule is CC1CC1N1CC(N2C(=O)N3CCC[C@@]3(C)C2=O)CC1=O. The van der Waals surface area contributed by atoms with Crippen LogP contribution >= 0.6 is 0 Å². The summed E-state index contributed by atoms with van der Waals surface area (Å²) in [6.45, 7) is 5.17. The van der Waals surface area contributed by atoms with E-state index in [1.807, 2.05) is 11.8 Å². The Bertz CT molecular complexity index is 548. The second kappa shape index (κ2) is 3.99. The first-order chi connectivity index (χ1) is 9.93. The summed E-state index contributed by atoms with van der Waals surface area (Å²) in [5.74, 6) is 0.541. The van der Waals surface area contributed by atoms with Crippen molar-refractivity contribution < 1.29 is 14.4 Å². The lowest BCUT2D eigenvalue weighted by molar-refractivity contribution is -0.133. The zero-order valence-electron chi connectivity index (χ0n) is 12.5. The standard InChI is InChI=1S/C15H21N3O3/c1-9-6-11(9)16-8-10(7-12(16)19)18-13(20)15(2)4-3-5-17(15)14(18)21/h9-11H,3-8H2,1-2H3/t9?,10?,11?,15-/m0/s1. The van der Waals surface area contributed by atoms with Crippen LogP contribution in [0.15, 0.2) is 0 Å². The molecule has 0 bridgehead atoms. The van der Waals surface area contributed by atoms with Crippen molar-refractivity contribution in [2.75, 3.05) is 13.1 Å². The summed E-state index contributed by atoms with van der Waals surface area (Å²) in [5.41, 5.74) is -0.666. The molecule has 3 heterocycles. The molecule has 0 radical (unpaired) electrons. The van der Waals surface area contributed by atoms with Crippen molar-refractivity contribution in [3.8, 4) is 0 Å². The Kier molecular flexibility index (Phi) is 2.49. The summed E-state index contributed by atoms with van der Waals surface area (Å²) in [6.07, 6.45) is 2.96. The van der Waals surface area contributed by atoms with Crippen molar-refractivity contribution in [3.05, 3.63) is 0 Å². The largest absolute Gasteiger partial charge is 0.337 e. The van der Waals surface area contributed by atoms with Gasteiger partial charge in [0.05, 0.1) is 6.04 Å². The predicted molar refractivity (Wildman–Crippen MR) is 74.3 cm³/mol. The van der Waals surface area contributed by atoms with Gasteiger partial charge in [0.1, 0.15) is 5.54 Å². The molecule has 0 aromatic carbocycles. The monoisotopic (exact) mass is 291 g/mol. The summed E-state index contributed by atoms with van der Waals surface area (Å²) >= 11 is 0. The van der Waals surface area contributed by atoms with Gasteiger partial charge in [-0.2, -0.15) is 0 Å². The topological polar surface area (TPSA) is 60.9 Å². The van der Waals surface area contributed by atoms with Crippen LogP contribution in [-0.4, -0.2) is 63.3 Å². The minimum Gasteiger partial charge on any atom is -0.337 e. The molecular formula is C15H21N3O3. The Morgan fingerprint density at radius 1 is 1.24 bits per heavy atom. The molecule has 6 heteroatoms. The Hall–Kier alpha value is -1.59. The molecule has 3 unspecified atom stereocenters. The number of urea groups is 1. The van der Waals surface area contributed by atoms with Crippen LogP contribution in [0.4, 0.5) is 4.79 Å². The minimum atomic E-state index is -0.666. The number of carbonyl (C=O) groups excluding carboxylic acids is 3. The van der Waals surface area contributed by atoms with E-state index in [9.17, 15) is 14.4 Å². The van der Waals surface area contributed by atoms with E-state index in [1.54, 1.807) is 4.90 Å². The zero-order chi connectivity index (χ0) is 14.9. The quantitative estimate of drug-likeness (QED) is 0.707. The van der Waals surface area contributed by atoms with Crippen molar-refractivity contribution in [2.45, 2.75) is 57.2 Å². The summed E-state index contributed by atoms with van der Waals surface area (Å²) in [4.78, 5) is 42.4. The molecule has 6 nitrogen and oxygen atoms in total. The van der Waals surface area contributed by atoms with E-state index in [2.05, 4.69) is 6.92 Å². The van der Waals surface area contributed by atoms with Gasteiger partial charge >= 0.3 is 6.03 Å². The molecule has 114 valence electrons. The van der Waals surface area contributed by atoms with Gasteiger partial charge in [-0.1, -0.05) is 6.92 Å². The van der Waals surface area contributed by atoms with Gasteiger partial charge in [-0.25, -0.2) is 4.79 Å². The smallest absolute Gasteiger partial charge is 0.328 e. The fourth-order valence-electron chi connectivity index (χ4n) is 4.23. The average Bonchev–Trinajstić information content (AvgIpc) is 2.79. The highest BCUT2D eigenvalue weighted by Crippen LogP contribution is 2.42. The van der Waals surface area contributed by atoms with Gasteiger partial charge in [0.2, 0.25) is 5.91 Å². The third-order valence-electron chi connectivity index (χ3n) is 5.73. The molecule has 21 heavy (non-hydrogen) atoms. The van der Waals surface area contributed by atoms with Crippen LogP contribution in [-0.2, 0) is 9.59 Å². The number of likely N-dealkylation sites (tertiary alicyclic amines) is 1. The Morgan fingerprint density at radius 3 is 2.57 bits per heavy atom. The molecule has 4 fully saturated rings. The molecule has 4 aliphatic rings. The van der Waals surface area contributed by atoms with Crippen LogP contribution < -0.4 is 0 Å². The van der Waals surface area contributed by atoms with Gasteiger partial charge < -0.3 is 9.80 Å². The van der Waals surface area contributed by atoms with Crippen molar-refractivity contribution in [1.29, 1.82) is 0 Å². The lowest BCUT2D eigenvalue weighted by Gasteiger charge is -2.23. The second-order valence-electron chi connectivity index (χ2n) is 7.17. The minimum absolute atomic E-state index is 0.0900. The fourth-order valence-corrected chi connectivity index (χ4v) is 4.23. The molecule has 4 amide bonds. The van der Waals surface area contributed by atoms with Crippen molar-refractivity contribution >= 4 is 17.8 Å². The zero-order valence-corrected chi connectivity index (χ0v) is 12.5. The second-order valence-corrected chi connectivity index (χ2v) is 7.17. The number of carbonyl (C=O) groups is 3. The first kappa shape index (κ1) is 13.1. The summed E-state index contributed by atoms with van der Waals surface area (Å²) in [7, 11) is 0. The van der Waals surface area contributed by atoms with E-state index >= 15 is 0 Å². The van der Waals surface area contributed by atoms with Gasteiger partial charge in [0, 0.05) is 25.6 Å². The molecule has 1 saturated carbocycles. The summed E-state index contributed by atoms with van der Waals surface area (Å²) in [5, 5.41) is 0. The van der Waals surface area contributed by atoms with E-state index in [0.29, 0.717) is 31.5 Å². The molecule has 4 rings (SSSR count). The highest BCUT2D eigenvalue weighted by molar-refractivity contribution is 6.08. The lowest BCUT2D eigenvalue weighted by Crippen LogP contribution is -2.45. The van der Waals surface area contributed by atoms with E-state index in [0.717, 1.165) is 19.3 Å². The fraction of sp³-hybridized carbons (Fsp3) is 0.800. The van der Waals surface area contributed by atoms with Crippen LogP contribution in [0.1, 0.15) is 39.5 Å². The van der Waals surface area contributed by atoms with E-state index in [4.69, 9.17) is 0 Å². The summed E-state index contributed by atoms with van der Waals surface area (Å²) < 4.78 is 0. The van der Waals surface area contributed by atoms with Gasteiger partial charge in [-0.3, -0.25) is 14.5 Å². The maximum Gasteiger partial charge on any atom is 0.328 e. The maximum absolute atomic E-state index is 12.7. The number of imide groups is 1. The molecule has 1 aliphatic carbocycles. The number of hydrogen-bond acceptors (Lipinski definition) is 3. The van der Waals surface area contributed by atoms with Gasteiger partial charge in [-0.15, -0.1) is 0 Å². The van der Waals surface area contributed by atoms with Crippen LogP contribution in [0.25, 0.3) is 0 Å². The average molecular weight is 291 g/mol. The van der Waals surface area contributed by atoms with Crippen molar-refractivity contribution in [1.82, 2.24) is 14.7 Å². The lowest BCUT2D eigenvalue weighted by atomic mass is 9.99. The first-order valence-electron chi connectivity index (χ1n) is 7.88. The molecule has 0 N–H and O–H groups in total. The molecule has 3 saturated heterocycles. The van der Waals surface area contributed by atoms with Gasteiger partial charge in [0.15, 0.2) is 0 Å². The maximum atomic E-state index is 12.7. The van der Waals surface area contributed by atoms with Crippen LogP contribution in [0, 0.1) is 5.92 Å². The highest BCUT2D eigenvalue weighted by atomic mass is 16.2. The van der Waals surface area contributed by atoms with Crippen LogP contribution in [0.2, 0.25) is 0 Å². The highest BCUT2D eigenvalue weighted by Gasteiger charge is 2.59. The Morgan fingerprint density at radius 2 is 1.95 bits per heavy atom. The molecule has 4 atom stereocenters. The van der Waals surface area contributed by atoms with Gasteiger partial charge in [0.25, 0.3) is 5.91 Å². The molecule has 0 aromatic heterocycles. The van der Waals surface area contributed by atoms with E-state index in [-0.39, 0.29) is 23.9 Å². The van der Waals surface area contributed by atoms with E-state index < -0.39 is 5.54 Å².